The number of amides is 1. The van der Waals surface area contributed by atoms with Crippen LogP contribution in [0.2, 0.25) is 0 Å². The zero-order valence-electron chi connectivity index (χ0n) is 12.7. The zero-order valence-corrected chi connectivity index (χ0v) is 12.7. The van der Waals surface area contributed by atoms with Crippen molar-refractivity contribution in [3.8, 4) is 5.75 Å². The van der Waals surface area contributed by atoms with Crippen molar-refractivity contribution in [2.75, 3.05) is 6.79 Å². The molecule has 0 aromatic heterocycles. The van der Waals surface area contributed by atoms with Crippen LogP contribution in [0.5, 0.6) is 5.75 Å². The number of rotatable bonds is 5. The van der Waals surface area contributed by atoms with Crippen LogP contribution in [0.15, 0.2) is 36.0 Å². The number of para-hydroxylation sites is 1. The van der Waals surface area contributed by atoms with E-state index in [-0.39, 0.29) is 29.6 Å². The van der Waals surface area contributed by atoms with E-state index in [1.54, 1.807) is 12.1 Å². The maximum absolute atomic E-state index is 12.4. The summed E-state index contributed by atoms with van der Waals surface area (Å²) in [7, 11) is 0. The Morgan fingerprint density at radius 1 is 1.33 bits per heavy atom. The molecule has 1 heterocycles. The smallest absolute Gasteiger partial charge is 0.305 e. The third kappa shape index (κ3) is 3.29. The molecular weight excluding hydrogens is 318 g/mol. The summed E-state index contributed by atoms with van der Waals surface area (Å²) in [6.45, 7) is 0.907. The van der Waals surface area contributed by atoms with Gasteiger partial charge in [0, 0.05) is 13.0 Å². The predicted octanol–water partition coefficient (Wildman–Crippen LogP) is -0.0893. The van der Waals surface area contributed by atoms with Crippen molar-refractivity contribution in [3.05, 3.63) is 41.6 Å². The van der Waals surface area contributed by atoms with E-state index in [1.165, 1.54) is 25.1 Å². The monoisotopic (exact) mass is 333 g/mol. The number of nitrogens with one attached hydrogen (secondary N) is 1. The van der Waals surface area contributed by atoms with Gasteiger partial charge in [0.05, 0.1) is 11.3 Å². The summed E-state index contributed by atoms with van der Waals surface area (Å²) in [5.41, 5.74) is 0.252. The molecule has 1 aromatic carbocycles. The van der Waals surface area contributed by atoms with E-state index >= 15 is 0 Å². The van der Waals surface area contributed by atoms with Gasteiger partial charge >= 0.3 is 5.97 Å². The highest BCUT2D eigenvalue weighted by molar-refractivity contribution is 6.01. The maximum atomic E-state index is 12.4. The van der Waals surface area contributed by atoms with Crippen molar-refractivity contribution in [3.63, 3.8) is 0 Å². The molecule has 1 aliphatic heterocycles. The third-order valence-corrected chi connectivity index (χ3v) is 3.60. The second-order valence-corrected chi connectivity index (χ2v) is 5.32. The van der Waals surface area contributed by atoms with Gasteiger partial charge in [-0.3, -0.25) is 14.4 Å². The maximum Gasteiger partial charge on any atom is 0.305 e. The summed E-state index contributed by atoms with van der Waals surface area (Å²) < 4.78 is 15.0. The predicted molar refractivity (Wildman–Crippen MR) is 78.9 cm³/mol. The quantitative estimate of drug-likeness (QED) is 0.440. The summed E-state index contributed by atoms with van der Waals surface area (Å²) in [5, 5.41) is 12.5. The number of aliphatic hydroxyl groups excluding tert-OH is 1. The molecule has 0 spiro atoms. The van der Waals surface area contributed by atoms with E-state index in [1.807, 2.05) is 0 Å². The van der Waals surface area contributed by atoms with E-state index in [9.17, 15) is 19.5 Å². The fourth-order valence-electron chi connectivity index (χ4n) is 2.36. The molecule has 1 amide bonds. The Morgan fingerprint density at radius 3 is 2.83 bits per heavy atom. The van der Waals surface area contributed by atoms with Gasteiger partial charge < -0.3 is 24.6 Å². The molecule has 24 heavy (non-hydrogen) atoms. The number of fused-ring (bicyclic) bond motifs is 1. The van der Waals surface area contributed by atoms with Crippen LogP contribution in [0.4, 0.5) is 0 Å². The highest BCUT2D eigenvalue weighted by Crippen LogP contribution is 2.33. The molecule has 3 atom stereocenters. The molecule has 3 rings (SSSR count). The number of hydrogen-bond donors (Lipinski definition) is 2. The number of carbonyl (C=O) groups excluding carboxylic acids is 3. The molecule has 1 aromatic rings. The number of epoxide rings is 1. The highest BCUT2D eigenvalue weighted by atomic mass is 16.7. The molecule has 126 valence electrons. The Balaban J connectivity index is 1.71. The lowest BCUT2D eigenvalue weighted by Crippen LogP contribution is -2.37. The number of hydrogen-bond acceptors (Lipinski definition) is 7. The Labute approximate surface area is 137 Å². The summed E-state index contributed by atoms with van der Waals surface area (Å²) >= 11 is 0. The molecule has 1 aliphatic carbocycles. The molecule has 0 bridgehead atoms. The van der Waals surface area contributed by atoms with Crippen molar-refractivity contribution in [2.24, 2.45) is 0 Å². The lowest BCUT2D eigenvalue weighted by Gasteiger charge is -2.18. The Morgan fingerprint density at radius 2 is 2.08 bits per heavy atom. The fraction of sp³-hybridized carbons (Fsp3) is 0.312. The molecule has 1 fully saturated rings. The first-order valence-electron chi connectivity index (χ1n) is 7.23. The second kappa shape index (κ2) is 6.42. The third-order valence-electron chi connectivity index (χ3n) is 3.60. The van der Waals surface area contributed by atoms with Crippen LogP contribution in [0.25, 0.3) is 0 Å². The van der Waals surface area contributed by atoms with Crippen molar-refractivity contribution >= 4 is 17.7 Å². The van der Waals surface area contributed by atoms with Crippen LogP contribution < -0.4 is 10.1 Å². The van der Waals surface area contributed by atoms with Gasteiger partial charge in [-0.15, -0.1) is 0 Å². The first kappa shape index (κ1) is 16.2. The van der Waals surface area contributed by atoms with E-state index < -0.39 is 30.2 Å². The van der Waals surface area contributed by atoms with E-state index in [0.29, 0.717) is 0 Å². The minimum Gasteiger partial charge on any atom is -0.457 e. The van der Waals surface area contributed by atoms with E-state index in [0.717, 1.165) is 0 Å². The molecule has 8 heteroatoms. The van der Waals surface area contributed by atoms with Crippen molar-refractivity contribution in [2.45, 2.75) is 25.2 Å². The number of benzene rings is 1. The largest absolute Gasteiger partial charge is 0.457 e. The van der Waals surface area contributed by atoms with Crippen LogP contribution in [-0.4, -0.2) is 47.9 Å². The van der Waals surface area contributed by atoms with Crippen LogP contribution >= 0.6 is 0 Å². The van der Waals surface area contributed by atoms with Crippen LogP contribution in [0.3, 0.4) is 0 Å². The number of ether oxygens (including phenoxy) is 3. The minimum absolute atomic E-state index is 0.0820. The van der Waals surface area contributed by atoms with Gasteiger partial charge in [0.2, 0.25) is 6.79 Å². The van der Waals surface area contributed by atoms with Crippen LogP contribution in [0, 0.1) is 0 Å². The van der Waals surface area contributed by atoms with Gasteiger partial charge in [0.15, 0.2) is 5.78 Å². The standard InChI is InChI=1S/C16H15NO7/c1-8(18)22-7-23-12-5-3-2-4-9(12)16(21)17-10-6-11(19)14-15(24-14)13(10)20/h2-6,13-15,20H,7H2,1H3,(H,17,21). The average molecular weight is 333 g/mol. The van der Waals surface area contributed by atoms with Gasteiger partial charge in [-0.2, -0.15) is 0 Å². The number of esters is 1. The van der Waals surface area contributed by atoms with Crippen LogP contribution in [0.1, 0.15) is 17.3 Å². The normalized spacial score (nSPS) is 24.5. The SMILES string of the molecule is CC(=O)OCOc1ccccc1C(=O)NC1=CC(=O)C2OC2C1O. The molecule has 2 aliphatic rings. The summed E-state index contributed by atoms with van der Waals surface area (Å²) in [6.07, 6.45) is -1.11. The molecule has 0 radical (unpaired) electrons. The van der Waals surface area contributed by atoms with E-state index in [2.05, 4.69) is 10.1 Å². The van der Waals surface area contributed by atoms with Gasteiger partial charge in [-0.1, -0.05) is 12.1 Å². The second-order valence-electron chi connectivity index (χ2n) is 5.32. The number of ketones is 1. The first-order valence-corrected chi connectivity index (χ1v) is 7.23. The van der Waals surface area contributed by atoms with Gasteiger partial charge in [0.25, 0.3) is 5.91 Å². The zero-order chi connectivity index (χ0) is 17.3. The minimum atomic E-state index is -1.06. The average Bonchev–Trinajstić information content (AvgIpc) is 3.34. The van der Waals surface area contributed by atoms with Crippen molar-refractivity contribution < 1.29 is 33.7 Å². The van der Waals surface area contributed by atoms with Gasteiger partial charge in [-0.25, -0.2) is 0 Å². The molecule has 0 saturated carbocycles. The topological polar surface area (TPSA) is 114 Å². The summed E-state index contributed by atoms with van der Waals surface area (Å²) in [4.78, 5) is 34.8. The first-order chi connectivity index (χ1) is 11.5. The Hall–Kier alpha value is -2.71. The summed E-state index contributed by atoms with van der Waals surface area (Å²) in [5.74, 6) is -1.16. The number of aliphatic hydroxyl groups is 1. The van der Waals surface area contributed by atoms with Gasteiger partial charge in [-0.05, 0) is 12.1 Å². The Kier molecular flexibility index (Phi) is 4.32. The lowest BCUT2D eigenvalue weighted by molar-refractivity contribution is -0.147. The van der Waals surface area contributed by atoms with Crippen LogP contribution in [-0.2, 0) is 19.1 Å². The van der Waals surface area contributed by atoms with Crippen molar-refractivity contribution in [1.29, 1.82) is 0 Å². The Bertz CT molecular complexity index is 727. The summed E-state index contributed by atoms with van der Waals surface area (Å²) in [6, 6.07) is 6.33. The van der Waals surface area contributed by atoms with Gasteiger partial charge in [0.1, 0.15) is 24.1 Å². The van der Waals surface area contributed by atoms with Crippen molar-refractivity contribution in [1.82, 2.24) is 5.32 Å². The molecule has 1 saturated heterocycles. The fourth-order valence-corrected chi connectivity index (χ4v) is 2.36. The van der Waals surface area contributed by atoms with E-state index in [4.69, 9.17) is 9.47 Å². The molecular formula is C16H15NO7. The molecule has 2 N–H and O–H groups in total. The number of carbonyl (C=O) groups is 3. The lowest BCUT2D eigenvalue weighted by atomic mass is 10.0. The highest BCUT2D eigenvalue weighted by Gasteiger charge is 2.53. The molecule has 8 nitrogen and oxygen atoms in total. The molecule has 3 unspecified atom stereocenters.